The standard InChI is InChI=1S/C15H11NOS3/c17-8-3-4-11-7-9-18-14(11)10-19-15-16-12-5-1-2-6-13(12)20-15/h1-2,5-7,9,17H,8,10H2. The highest BCUT2D eigenvalue weighted by atomic mass is 32.2. The number of rotatable bonds is 3. The van der Waals surface area contributed by atoms with E-state index in [1.54, 1.807) is 34.4 Å². The van der Waals surface area contributed by atoms with Gasteiger partial charge in [-0.15, -0.1) is 22.7 Å². The van der Waals surface area contributed by atoms with Crippen LogP contribution in [0.1, 0.15) is 10.4 Å². The predicted octanol–water partition coefficient (Wildman–Crippen LogP) is 3.99. The molecule has 0 radical (unpaired) electrons. The van der Waals surface area contributed by atoms with Crippen molar-refractivity contribution in [2.24, 2.45) is 0 Å². The van der Waals surface area contributed by atoms with Crippen LogP contribution in [-0.2, 0) is 5.75 Å². The summed E-state index contributed by atoms with van der Waals surface area (Å²) < 4.78 is 2.31. The molecule has 1 aromatic carbocycles. The van der Waals surface area contributed by atoms with E-state index >= 15 is 0 Å². The van der Waals surface area contributed by atoms with E-state index in [-0.39, 0.29) is 6.61 Å². The van der Waals surface area contributed by atoms with Gasteiger partial charge in [0.2, 0.25) is 0 Å². The van der Waals surface area contributed by atoms with Gasteiger partial charge in [0.05, 0.1) is 10.2 Å². The van der Waals surface area contributed by atoms with E-state index in [9.17, 15) is 0 Å². The molecule has 2 nitrogen and oxygen atoms in total. The summed E-state index contributed by atoms with van der Waals surface area (Å²) in [5, 5.41) is 10.8. The van der Waals surface area contributed by atoms with Gasteiger partial charge in [0, 0.05) is 16.2 Å². The van der Waals surface area contributed by atoms with Crippen LogP contribution in [0.25, 0.3) is 10.2 Å². The van der Waals surface area contributed by atoms with Gasteiger partial charge in [0.25, 0.3) is 0 Å². The number of aromatic nitrogens is 1. The molecule has 0 spiro atoms. The highest BCUT2D eigenvalue weighted by molar-refractivity contribution is 8.00. The molecule has 0 fully saturated rings. The zero-order valence-electron chi connectivity index (χ0n) is 10.5. The van der Waals surface area contributed by atoms with Crippen LogP contribution in [-0.4, -0.2) is 16.7 Å². The first-order chi connectivity index (χ1) is 9.86. The van der Waals surface area contributed by atoms with Crippen molar-refractivity contribution in [3.05, 3.63) is 46.2 Å². The minimum absolute atomic E-state index is 0.0969. The Morgan fingerprint density at radius 1 is 1.25 bits per heavy atom. The van der Waals surface area contributed by atoms with Crippen molar-refractivity contribution in [3.8, 4) is 11.8 Å². The molecule has 3 aromatic rings. The molecule has 0 unspecified atom stereocenters. The molecule has 2 aromatic heterocycles. The van der Waals surface area contributed by atoms with Crippen LogP contribution in [0.5, 0.6) is 0 Å². The topological polar surface area (TPSA) is 33.1 Å². The van der Waals surface area contributed by atoms with Gasteiger partial charge in [-0.3, -0.25) is 0 Å². The number of nitrogens with zero attached hydrogens (tertiary/aromatic N) is 1. The molecule has 2 heterocycles. The second-order valence-corrected chi connectivity index (χ2v) is 7.21. The zero-order valence-corrected chi connectivity index (χ0v) is 12.9. The fraction of sp³-hybridized carbons (Fsp3) is 0.133. The van der Waals surface area contributed by atoms with Crippen LogP contribution in [0.15, 0.2) is 40.1 Å². The lowest BCUT2D eigenvalue weighted by Crippen LogP contribution is -1.81. The smallest absolute Gasteiger partial charge is 0.151 e. The summed E-state index contributed by atoms with van der Waals surface area (Å²) in [6.45, 7) is -0.0969. The molecule has 100 valence electrons. The van der Waals surface area contributed by atoms with Crippen LogP contribution in [0.4, 0.5) is 0 Å². The maximum absolute atomic E-state index is 8.76. The number of thioether (sulfide) groups is 1. The van der Waals surface area contributed by atoms with E-state index < -0.39 is 0 Å². The molecule has 0 aliphatic heterocycles. The molecular weight excluding hydrogens is 306 g/mol. The second kappa shape index (κ2) is 6.42. The largest absolute Gasteiger partial charge is 0.384 e. The molecular formula is C15H11NOS3. The van der Waals surface area contributed by atoms with E-state index in [0.717, 1.165) is 21.2 Å². The quantitative estimate of drug-likeness (QED) is 0.585. The molecule has 0 atom stereocenters. The fourth-order valence-electron chi connectivity index (χ4n) is 1.74. The fourth-order valence-corrected chi connectivity index (χ4v) is 4.75. The molecule has 0 saturated heterocycles. The highest BCUT2D eigenvalue weighted by Gasteiger charge is 2.07. The highest BCUT2D eigenvalue weighted by Crippen LogP contribution is 2.33. The molecule has 3 rings (SSSR count). The summed E-state index contributed by atoms with van der Waals surface area (Å²) in [5.41, 5.74) is 2.07. The van der Waals surface area contributed by atoms with Crippen molar-refractivity contribution in [1.82, 2.24) is 4.98 Å². The number of thiophene rings is 1. The van der Waals surface area contributed by atoms with Crippen molar-refractivity contribution in [2.75, 3.05) is 6.61 Å². The van der Waals surface area contributed by atoms with Crippen LogP contribution in [0.2, 0.25) is 0 Å². The number of fused-ring (bicyclic) bond motifs is 1. The Balaban J connectivity index is 1.74. The molecule has 0 aliphatic carbocycles. The predicted molar refractivity (Wildman–Crippen MR) is 87.5 cm³/mol. The number of aliphatic hydroxyl groups excluding tert-OH is 1. The van der Waals surface area contributed by atoms with Crippen molar-refractivity contribution < 1.29 is 5.11 Å². The Kier molecular flexibility index (Phi) is 4.38. The van der Waals surface area contributed by atoms with Gasteiger partial charge in [0.15, 0.2) is 4.34 Å². The summed E-state index contributed by atoms with van der Waals surface area (Å²) in [7, 11) is 0. The third-order valence-electron chi connectivity index (χ3n) is 2.65. The molecule has 0 saturated carbocycles. The Bertz CT molecular complexity index is 746. The summed E-state index contributed by atoms with van der Waals surface area (Å²) in [6, 6.07) is 10.2. The molecule has 0 amide bonds. The molecule has 0 bridgehead atoms. The normalized spacial score (nSPS) is 10.4. The molecule has 20 heavy (non-hydrogen) atoms. The van der Waals surface area contributed by atoms with E-state index in [0.29, 0.717) is 0 Å². The molecule has 1 N–H and O–H groups in total. The van der Waals surface area contributed by atoms with Gasteiger partial charge in [-0.05, 0) is 23.6 Å². The zero-order chi connectivity index (χ0) is 13.8. The van der Waals surface area contributed by atoms with Crippen molar-refractivity contribution in [2.45, 2.75) is 10.1 Å². The summed E-state index contributed by atoms with van der Waals surface area (Å²) in [4.78, 5) is 5.85. The van der Waals surface area contributed by atoms with Gasteiger partial charge >= 0.3 is 0 Å². The van der Waals surface area contributed by atoms with Crippen LogP contribution >= 0.6 is 34.4 Å². The Labute approximate surface area is 129 Å². The molecule has 5 heteroatoms. The first kappa shape index (κ1) is 13.7. The summed E-state index contributed by atoms with van der Waals surface area (Å²) >= 11 is 5.16. The van der Waals surface area contributed by atoms with E-state index in [4.69, 9.17) is 5.11 Å². The first-order valence-corrected chi connectivity index (χ1v) is 8.69. The van der Waals surface area contributed by atoms with Crippen LogP contribution in [0.3, 0.4) is 0 Å². The average molecular weight is 317 g/mol. The summed E-state index contributed by atoms with van der Waals surface area (Å²) in [6.07, 6.45) is 0. The van der Waals surface area contributed by atoms with Gasteiger partial charge in [-0.2, -0.15) is 0 Å². The Morgan fingerprint density at radius 3 is 3.00 bits per heavy atom. The number of thiazole rings is 1. The van der Waals surface area contributed by atoms with Gasteiger partial charge in [-0.1, -0.05) is 35.7 Å². The average Bonchev–Trinajstić information content (AvgIpc) is 3.08. The van der Waals surface area contributed by atoms with E-state index in [2.05, 4.69) is 22.9 Å². The lowest BCUT2D eigenvalue weighted by Gasteiger charge is -1.95. The van der Waals surface area contributed by atoms with Gasteiger partial charge in [0.1, 0.15) is 6.61 Å². The number of hydrogen-bond acceptors (Lipinski definition) is 5. The third kappa shape index (κ3) is 3.05. The lowest BCUT2D eigenvalue weighted by molar-refractivity contribution is 0.350. The first-order valence-electron chi connectivity index (χ1n) is 6.01. The number of benzene rings is 1. The minimum Gasteiger partial charge on any atom is -0.384 e. The Morgan fingerprint density at radius 2 is 2.15 bits per heavy atom. The maximum Gasteiger partial charge on any atom is 0.151 e. The minimum atomic E-state index is -0.0969. The van der Waals surface area contributed by atoms with Crippen molar-refractivity contribution in [1.29, 1.82) is 0 Å². The van der Waals surface area contributed by atoms with Gasteiger partial charge < -0.3 is 5.11 Å². The monoisotopic (exact) mass is 317 g/mol. The number of hydrogen-bond donors (Lipinski definition) is 1. The third-order valence-corrected chi connectivity index (χ3v) is 5.96. The molecule has 0 aliphatic rings. The lowest BCUT2D eigenvalue weighted by atomic mass is 10.3. The van der Waals surface area contributed by atoms with Crippen LogP contribution < -0.4 is 0 Å². The van der Waals surface area contributed by atoms with Crippen LogP contribution in [0, 0.1) is 11.8 Å². The van der Waals surface area contributed by atoms with E-state index in [1.165, 1.54) is 9.58 Å². The van der Waals surface area contributed by atoms with Crippen molar-refractivity contribution in [3.63, 3.8) is 0 Å². The number of para-hydroxylation sites is 1. The van der Waals surface area contributed by atoms with E-state index in [1.807, 2.05) is 29.6 Å². The SMILES string of the molecule is OCC#Cc1ccsc1CSc1nc2ccccc2s1. The Hall–Kier alpha value is -1.32. The van der Waals surface area contributed by atoms with Gasteiger partial charge in [-0.25, -0.2) is 4.98 Å². The maximum atomic E-state index is 8.76. The number of aliphatic hydroxyl groups is 1. The second-order valence-electron chi connectivity index (χ2n) is 3.95. The van der Waals surface area contributed by atoms with Crippen molar-refractivity contribution >= 4 is 44.7 Å². The summed E-state index contributed by atoms with van der Waals surface area (Å²) in [5.74, 6) is 6.55.